The Morgan fingerprint density at radius 2 is 1.79 bits per heavy atom. The van der Waals surface area contributed by atoms with E-state index in [4.69, 9.17) is 9.47 Å². The first-order valence-corrected chi connectivity index (χ1v) is 9.98. The molecule has 0 aromatic heterocycles. The minimum Gasteiger partial charge on any atom is -0.464 e. The van der Waals surface area contributed by atoms with Crippen LogP contribution in [0, 0.1) is 5.92 Å². The molecule has 2 aromatic carbocycles. The highest BCUT2D eigenvalue weighted by molar-refractivity contribution is 8.18. The molecule has 2 amide bonds. The van der Waals surface area contributed by atoms with E-state index in [1.54, 1.807) is 24.3 Å². The lowest BCUT2D eigenvalue weighted by atomic mass is 10.2. The van der Waals surface area contributed by atoms with Crippen LogP contribution < -0.4 is 4.74 Å². The van der Waals surface area contributed by atoms with Gasteiger partial charge in [-0.05, 0) is 53.6 Å². The molecule has 3 rings (SSSR count). The molecule has 0 spiro atoms. The third-order valence-corrected chi connectivity index (χ3v) is 4.78. The van der Waals surface area contributed by atoms with Crippen LogP contribution in [0.3, 0.4) is 0 Å². The number of thioether (sulfide) groups is 1. The van der Waals surface area contributed by atoms with Crippen LogP contribution in [0.2, 0.25) is 0 Å². The molecule has 0 aliphatic carbocycles. The lowest BCUT2D eigenvalue weighted by Gasteiger charge is -2.12. The van der Waals surface area contributed by atoms with Crippen molar-refractivity contribution in [2.75, 3.05) is 13.2 Å². The molecule has 1 aliphatic heterocycles. The second-order valence-corrected chi connectivity index (χ2v) is 7.83. The second kappa shape index (κ2) is 9.43. The Balaban J connectivity index is 1.69. The third-order valence-electron chi connectivity index (χ3n) is 3.87. The molecule has 150 valence electrons. The van der Waals surface area contributed by atoms with Gasteiger partial charge >= 0.3 is 5.97 Å². The Morgan fingerprint density at radius 1 is 1.07 bits per heavy atom. The van der Waals surface area contributed by atoms with Crippen molar-refractivity contribution in [2.24, 2.45) is 5.92 Å². The van der Waals surface area contributed by atoms with E-state index in [0.717, 1.165) is 16.7 Å². The zero-order valence-corrected chi connectivity index (χ0v) is 17.0. The van der Waals surface area contributed by atoms with Gasteiger partial charge in [-0.3, -0.25) is 19.3 Å². The molecule has 29 heavy (non-hydrogen) atoms. The van der Waals surface area contributed by atoms with E-state index in [9.17, 15) is 14.4 Å². The Bertz CT molecular complexity index is 939. The van der Waals surface area contributed by atoms with Crippen molar-refractivity contribution >= 4 is 35.0 Å². The highest BCUT2D eigenvalue weighted by Gasteiger charge is 2.36. The van der Waals surface area contributed by atoms with Crippen LogP contribution in [0.5, 0.6) is 11.5 Å². The summed E-state index contributed by atoms with van der Waals surface area (Å²) in [6.45, 7) is 3.68. The van der Waals surface area contributed by atoms with Crippen molar-refractivity contribution in [1.29, 1.82) is 0 Å². The topological polar surface area (TPSA) is 72.9 Å². The number of carbonyl (C=O) groups excluding carboxylic acids is 3. The van der Waals surface area contributed by atoms with Gasteiger partial charge in [-0.2, -0.15) is 0 Å². The van der Waals surface area contributed by atoms with E-state index >= 15 is 0 Å². The van der Waals surface area contributed by atoms with Gasteiger partial charge in [0.1, 0.15) is 18.0 Å². The number of nitrogens with zero attached hydrogens (tertiary/aromatic N) is 1. The normalized spacial score (nSPS) is 15.3. The summed E-state index contributed by atoms with van der Waals surface area (Å²) in [5.74, 6) is 0.391. The van der Waals surface area contributed by atoms with E-state index in [0.29, 0.717) is 17.1 Å². The van der Waals surface area contributed by atoms with Crippen molar-refractivity contribution in [3.8, 4) is 11.5 Å². The molecule has 0 saturated carbocycles. The number of carbonyl (C=O) groups is 3. The minimum absolute atomic E-state index is 0.180. The summed E-state index contributed by atoms with van der Waals surface area (Å²) in [4.78, 5) is 37.7. The second-order valence-electron chi connectivity index (χ2n) is 6.83. The fourth-order valence-electron chi connectivity index (χ4n) is 2.51. The largest absolute Gasteiger partial charge is 0.464 e. The number of hydrogen-bond acceptors (Lipinski definition) is 6. The van der Waals surface area contributed by atoms with E-state index in [1.807, 2.05) is 50.2 Å². The van der Waals surface area contributed by atoms with Gasteiger partial charge in [-0.25, -0.2) is 0 Å². The maximum absolute atomic E-state index is 12.5. The standard InChI is InChI=1S/C22H21NO5S/c1-15(2)14-27-20(24)13-23-21(25)19(29-22(23)26)12-16-7-6-10-18(11-16)28-17-8-4-3-5-9-17/h3-12,15H,13-14H2,1-2H3/b19-12+. The molecule has 2 aromatic rings. The number of para-hydroxylation sites is 1. The summed E-state index contributed by atoms with van der Waals surface area (Å²) < 4.78 is 10.8. The highest BCUT2D eigenvalue weighted by Crippen LogP contribution is 2.33. The number of amides is 2. The van der Waals surface area contributed by atoms with Crippen LogP contribution in [0.1, 0.15) is 19.4 Å². The summed E-state index contributed by atoms with van der Waals surface area (Å²) in [7, 11) is 0. The molecule has 6 nitrogen and oxygen atoms in total. The van der Waals surface area contributed by atoms with Gasteiger partial charge in [-0.1, -0.05) is 44.2 Å². The average molecular weight is 411 g/mol. The van der Waals surface area contributed by atoms with E-state index in [2.05, 4.69) is 0 Å². The smallest absolute Gasteiger partial charge is 0.326 e. The van der Waals surface area contributed by atoms with Gasteiger partial charge in [0.25, 0.3) is 11.1 Å². The molecule has 1 saturated heterocycles. The van der Waals surface area contributed by atoms with Crippen LogP contribution >= 0.6 is 11.8 Å². The molecular formula is C22H21NO5S. The van der Waals surface area contributed by atoms with Crippen molar-refractivity contribution in [2.45, 2.75) is 13.8 Å². The van der Waals surface area contributed by atoms with Crippen LogP contribution in [0.4, 0.5) is 4.79 Å². The summed E-state index contributed by atoms with van der Waals surface area (Å²) in [6.07, 6.45) is 1.61. The Hall–Kier alpha value is -3.06. The molecule has 7 heteroatoms. The van der Waals surface area contributed by atoms with Crippen molar-refractivity contribution in [3.63, 3.8) is 0 Å². The van der Waals surface area contributed by atoms with Crippen molar-refractivity contribution < 1.29 is 23.9 Å². The molecule has 0 atom stereocenters. The fraction of sp³-hybridized carbons (Fsp3) is 0.227. The van der Waals surface area contributed by atoms with Gasteiger partial charge in [-0.15, -0.1) is 0 Å². The predicted octanol–water partition coefficient (Wildman–Crippen LogP) is 4.71. The highest BCUT2D eigenvalue weighted by atomic mass is 32.2. The van der Waals surface area contributed by atoms with Gasteiger partial charge in [0.2, 0.25) is 0 Å². The average Bonchev–Trinajstić information content (AvgIpc) is 2.95. The Labute approximate surface area is 173 Å². The summed E-state index contributed by atoms with van der Waals surface area (Å²) in [5.41, 5.74) is 0.714. The van der Waals surface area contributed by atoms with Crippen LogP contribution in [-0.4, -0.2) is 35.2 Å². The quantitative estimate of drug-likeness (QED) is 0.485. The number of ether oxygens (including phenoxy) is 2. The number of esters is 1. The number of benzene rings is 2. The summed E-state index contributed by atoms with van der Waals surface area (Å²) in [6, 6.07) is 16.5. The van der Waals surface area contributed by atoms with Crippen LogP contribution in [-0.2, 0) is 14.3 Å². The molecule has 0 N–H and O–H groups in total. The minimum atomic E-state index is -0.597. The Morgan fingerprint density at radius 3 is 2.52 bits per heavy atom. The maximum atomic E-state index is 12.5. The van der Waals surface area contributed by atoms with Crippen molar-refractivity contribution in [3.05, 3.63) is 65.1 Å². The number of hydrogen-bond donors (Lipinski definition) is 0. The molecular weight excluding hydrogens is 390 g/mol. The van der Waals surface area contributed by atoms with Gasteiger partial charge < -0.3 is 9.47 Å². The zero-order chi connectivity index (χ0) is 20.8. The van der Waals surface area contributed by atoms with Crippen LogP contribution in [0.25, 0.3) is 6.08 Å². The fourth-order valence-corrected chi connectivity index (χ4v) is 3.35. The number of imide groups is 1. The first kappa shape index (κ1) is 20.7. The molecule has 0 bridgehead atoms. The third kappa shape index (κ3) is 5.71. The van der Waals surface area contributed by atoms with Gasteiger partial charge in [0, 0.05) is 0 Å². The summed E-state index contributed by atoms with van der Waals surface area (Å²) >= 11 is 0.803. The lowest BCUT2D eigenvalue weighted by molar-refractivity contribution is -0.147. The molecule has 0 unspecified atom stereocenters. The maximum Gasteiger partial charge on any atom is 0.326 e. The summed E-state index contributed by atoms with van der Waals surface area (Å²) in [5, 5.41) is -0.487. The first-order chi connectivity index (χ1) is 13.9. The number of rotatable bonds is 7. The van der Waals surface area contributed by atoms with E-state index < -0.39 is 17.1 Å². The van der Waals surface area contributed by atoms with E-state index in [1.165, 1.54) is 0 Å². The Kier molecular flexibility index (Phi) is 6.72. The zero-order valence-electron chi connectivity index (χ0n) is 16.2. The SMILES string of the molecule is CC(C)COC(=O)CN1C(=O)S/C(=C/c2cccc(Oc3ccccc3)c2)C1=O. The van der Waals surface area contributed by atoms with E-state index in [-0.39, 0.29) is 24.0 Å². The molecule has 1 fully saturated rings. The van der Waals surface area contributed by atoms with Gasteiger partial charge in [0.15, 0.2) is 0 Å². The van der Waals surface area contributed by atoms with Gasteiger partial charge in [0.05, 0.1) is 11.5 Å². The molecule has 1 aliphatic rings. The molecule has 0 radical (unpaired) electrons. The van der Waals surface area contributed by atoms with Crippen LogP contribution in [0.15, 0.2) is 59.5 Å². The predicted molar refractivity (Wildman–Crippen MR) is 111 cm³/mol. The van der Waals surface area contributed by atoms with Crippen molar-refractivity contribution in [1.82, 2.24) is 4.90 Å². The monoisotopic (exact) mass is 411 g/mol. The lowest BCUT2D eigenvalue weighted by Crippen LogP contribution is -2.34. The molecule has 1 heterocycles. The first-order valence-electron chi connectivity index (χ1n) is 9.16.